The number of halogens is 1. The van der Waals surface area contributed by atoms with Crippen LogP contribution in [0.3, 0.4) is 0 Å². The summed E-state index contributed by atoms with van der Waals surface area (Å²) in [5, 5.41) is 13.0. The monoisotopic (exact) mass is 447 g/mol. The molecule has 0 spiro atoms. The average molecular weight is 447 g/mol. The van der Waals surface area contributed by atoms with E-state index in [9.17, 15) is 9.18 Å². The molecule has 5 rings (SSSR count). The topological polar surface area (TPSA) is 91.0 Å². The molecule has 1 fully saturated rings. The fourth-order valence-corrected chi connectivity index (χ4v) is 4.06. The fourth-order valence-electron chi connectivity index (χ4n) is 4.06. The Labute approximate surface area is 189 Å². The largest absolute Gasteiger partial charge is 0.356 e. The first-order chi connectivity index (χ1) is 16.1. The van der Waals surface area contributed by atoms with Crippen LogP contribution in [0.15, 0.2) is 55.2 Å². The van der Waals surface area contributed by atoms with Crippen molar-refractivity contribution in [2.24, 2.45) is 0 Å². The average Bonchev–Trinajstić information content (AvgIpc) is 3.52. The molecule has 4 heterocycles. The number of rotatable bonds is 6. The predicted octanol–water partition coefficient (Wildman–Crippen LogP) is 3.04. The van der Waals surface area contributed by atoms with E-state index in [0.717, 1.165) is 36.1 Å². The van der Waals surface area contributed by atoms with Crippen molar-refractivity contribution in [1.82, 2.24) is 29.8 Å². The van der Waals surface area contributed by atoms with E-state index in [1.165, 1.54) is 17.1 Å². The Hall–Kier alpha value is -3.92. The maximum absolute atomic E-state index is 13.2. The van der Waals surface area contributed by atoms with Crippen LogP contribution in [0.4, 0.5) is 10.1 Å². The minimum Gasteiger partial charge on any atom is -0.356 e. The molecule has 1 atom stereocenters. The number of hydrogen-bond acceptors (Lipinski definition) is 7. The van der Waals surface area contributed by atoms with Crippen molar-refractivity contribution in [3.63, 3.8) is 0 Å². The van der Waals surface area contributed by atoms with Crippen molar-refractivity contribution in [2.75, 3.05) is 18.1 Å². The van der Waals surface area contributed by atoms with Gasteiger partial charge in [-0.05, 0) is 43.2 Å². The highest BCUT2D eigenvalue weighted by molar-refractivity contribution is 5.86. The molecular formula is C23H22FN7O2. The van der Waals surface area contributed by atoms with E-state index in [1.807, 2.05) is 25.3 Å². The Balaban J connectivity index is 1.48. The number of pyridine rings is 1. The molecule has 168 valence electrons. The normalized spacial score (nSPS) is 16.2. The minimum absolute atomic E-state index is 0.316. The number of aromatic nitrogens is 6. The van der Waals surface area contributed by atoms with E-state index in [1.54, 1.807) is 29.3 Å². The number of hydrogen-bond donors (Lipinski definition) is 0. The molecule has 3 aromatic heterocycles. The second kappa shape index (κ2) is 8.91. The molecule has 1 saturated heterocycles. The highest BCUT2D eigenvalue weighted by Crippen LogP contribution is 2.32. The Kier molecular flexibility index (Phi) is 5.66. The zero-order valence-corrected chi connectivity index (χ0v) is 18.0. The zero-order valence-electron chi connectivity index (χ0n) is 18.0. The molecule has 0 aliphatic carbocycles. The molecule has 0 saturated carbocycles. The van der Waals surface area contributed by atoms with Crippen molar-refractivity contribution in [3.8, 4) is 16.9 Å². The van der Waals surface area contributed by atoms with Crippen LogP contribution in [0, 0.1) is 12.7 Å². The first-order valence-electron chi connectivity index (χ1n) is 10.6. The lowest BCUT2D eigenvalue weighted by Crippen LogP contribution is -2.46. The minimum atomic E-state index is -0.382. The van der Waals surface area contributed by atoms with Gasteiger partial charge in [0.2, 0.25) is 0 Å². The first-order valence-corrected chi connectivity index (χ1v) is 10.6. The molecule has 1 aliphatic heterocycles. The Morgan fingerprint density at radius 3 is 2.79 bits per heavy atom. The van der Waals surface area contributed by atoms with Crippen molar-refractivity contribution in [3.05, 3.63) is 72.2 Å². The molecule has 0 amide bonds. The first kappa shape index (κ1) is 21.0. The quantitative estimate of drug-likeness (QED) is 0.420. The molecule has 10 heteroatoms. The van der Waals surface area contributed by atoms with E-state index in [0.29, 0.717) is 30.1 Å². The number of aldehydes is 1. The SMILES string of the molecule is Cc1cc(C=O)c(-n2nccn2)c(N2CCCOC2Cn2cc(-c3ccc(F)cn3)cn2)c1. The lowest BCUT2D eigenvalue weighted by Gasteiger charge is -2.38. The van der Waals surface area contributed by atoms with Gasteiger partial charge in [-0.25, -0.2) is 4.39 Å². The maximum Gasteiger partial charge on any atom is 0.152 e. The highest BCUT2D eigenvalue weighted by Gasteiger charge is 2.28. The van der Waals surface area contributed by atoms with Crippen LogP contribution in [0.2, 0.25) is 0 Å². The molecule has 1 aliphatic rings. The van der Waals surface area contributed by atoms with Crippen LogP contribution in [0.5, 0.6) is 0 Å². The van der Waals surface area contributed by atoms with Crippen molar-refractivity contribution in [1.29, 1.82) is 0 Å². The van der Waals surface area contributed by atoms with E-state index >= 15 is 0 Å². The number of carbonyl (C=O) groups is 1. The number of carbonyl (C=O) groups excluding carboxylic acids is 1. The standard InChI is InChI=1S/C23H22FN7O2/c1-16-9-17(15-32)23(31-26-5-6-27-31)21(10-16)30-7-2-8-33-22(30)14-29-13-18(11-28-29)20-4-3-19(24)12-25-20/h3-6,9-13,15,22H,2,7-8,14H2,1H3. The highest BCUT2D eigenvalue weighted by atomic mass is 19.1. The van der Waals surface area contributed by atoms with Gasteiger partial charge in [-0.15, -0.1) is 4.80 Å². The van der Waals surface area contributed by atoms with Crippen LogP contribution in [-0.2, 0) is 11.3 Å². The van der Waals surface area contributed by atoms with Gasteiger partial charge in [0, 0.05) is 23.9 Å². The van der Waals surface area contributed by atoms with Crippen LogP contribution < -0.4 is 4.90 Å². The summed E-state index contributed by atoms with van der Waals surface area (Å²) < 4.78 is 21.1. The second-order valence-corrected chi connectivity index (χ2v) is 7.84. The van der Waals surface area contributed by atoms with Gasteiger partial charge < -0.3 is 9.64 Å². The van der Waals surface area contributed by atoms with Gasteiger partial charge in [0.05, 0.1) is 49.3 Å². The molecule has 1 aromatic carbocycles. The van der Waals surface area contributed by atoms with Gasteiger partial charge in [-0.1, -0.05) is 0 Å². The molecule has 33 heavy (non-hydrogen) atoms. The third-order valence-electron chi connectivity index (χ3n) is 5.52. The molecule has 1 unspecified atom stereocenters. The molecule has 4 aromatic rings. The zero-order chi connectivity index (χ0) is 22.8. The third kappa shape index (κ3) is 4.24. The number of aryl methyl sites for hydroxylation is 1. The van der Waals surface area contributed by atoms with Gasteiger partial charge in [0.15, 0.2) is 6.29 Å². The van der Waals surface area contributed by atoms with Crippen molar-refractivity contribution >= 4 is 12.0 Å². The van der Waals surface area contributed by atoms with E-state index in [-0.39, 0.29) is 12.0 Å². The van der Waals surface area contributed by atoms with Gasteiger partial charge in [-0.2, -0.15) is 15.3 Å². The van der Waals surface area contributed by atoms with Gasteiger partial charge in [0.25, 0.3) is 0 Å². The fraction of sp³-hybridized carbons (Fsp3) is 0.261. The Morgan fingerprint density at radius 2 is 2.03 bits per heavy atom. The van der Waals surface area contributed by atoms with Crippen LogP contribution in [0.1, 0.15) is 22.3 Å². The summed E-state index contributed by atoms with van der Waals surface area (Å²) in [6.45, 7) is 3.77. The lowest BCUT2D eigenvalue weighted by molar-refractivity contribution is 0.0132. The van der Waals surface area contributed by atoms with E-state index < -0.39 is 0 Å². The summed E-state index contributed by atoms with van der Waals surface area (Å²) in [7, 11) is 0. The molecule has 0 radical (unpaired) electrons. The number of anilines is 1. The second-order valence-electron chi connectivity index (χ2n) is 7.84. The Morgan fingerprint density at radius 1 is 1.18 bits per heavy atom. The summed E-state index contributed by atoms with van der Waals surface area (Å²) in [5.41, 5.74) is 4.34. The Bertz CT molecular complexity index is 1250. The molecule has 0 bridgehead atoms. The van der Waals surface area contributed by atoms with Crippen molar-refractivity contribution < 1.29 is 13.9 Å². The van der Waals surface area contributed by atoms with E-state index in [4.69, 9.17) is 4.74 Å². The van der Waals surface area contributed by atoms with Crippen molar-refractivity contribution in [2.45, 2.75) is 26.1 Å². The predicted molar refractivity (Wildman–Crippen MR) is 119 cm³/mol. The number of benzene rings is 1. The summed E-state index contributed by atoms with van der Waals surface area (Å²) in [4.78, 5) is 19.6. The van der Waals surface area contributed by atoms with E-state index in [2.05, 4.69) is 25.2 Å². The van der Waals surface area contributed by atoms with Gasteiger partial charge in [0.1, 0.15) is 17.7 Å². The van der Waals surface area contributed by atoms with Crippen LogP contribution in [0.25, 0.3) is 16.9 Å². The molecule has 9 nitrogen and oxygen atoms in total. The van der Waals surface area contributed by atoms with Gasteiger partial charge in [-0.3, -0.25) is 14.5 Å². The maximum atomic E-state index is 13.2. The molecular weight excluding hydrogens is 425 g/mol. The smallest absolute Gasteiger partial charge is 0.152 e. The summed E-state index contributed by atoms with van der Waals surface area (Å²) in [6, 6.07) is 6.84. The summed E-state index contributed by atoms with van der Waals surface area (Å²) in [6.07, 6.45) is 9.26. The third-order valence-corrected chi connectivity index (χ3v) is 5.52. The number of ether oxygens (including phenoxy) is 1. The van der Waals surface area contributed by atoms with Crippen LogP contribution >= 0.6 is 0 Å². The lowest BCUT2D eigenvalue weighted by atomic mass is 10.1. The summed E-state index contributed by atoms with van der Waals surface area (Å²) in [5.74, 6) is -0.382. The van der Waals surface area contributed by atoms with Gasteiger partial charge >= 0.3 is 0 Å². The summed E-state index contributed by atoms with van der Waals surface area (Å²) >= 11 is 0. The molecule has 0 N–H and O–H groups in total. The van der Waals surface area contributed by atoms with Crippen LogP contribution in [-0.4, -0.2) is 55.4 Å². The number of nitrogens with zero attached hydrogens (tertiary/aromatic N) is 7.